The van der Waals surface area contributed by atoms with Gasteiger partial charge in [-0.25, -0.2) is 0 Å². The van der Waals surface area contributed by atoms with Gasteiger partial charge in [-0.3, -0.25) is 0 Å². The molecule has 0 saturated carbocycles. The van der Waals surface area contributed by atoms with Gasteiger partial charge in [0, 0.05) is 18.5 Å². The van der Waals surface area contributed by atoms with Crippen LogP contribution in [0.2, 0.25) is 0 Å². The molecule has 2 aromatic heterocycles. The minimum atomic E-state index is -0.363. The third-order valence-electron chi connectivity index (χ3n) is 2.74. The van der Waals surface area contributed by atoms with E-state index in [9.17, 15) is 5.11 Å². The highest BCUT2D eigenvalue weighted by Crippen LogP contribution is 2.18. The van der Waals surface area contributed by atoms with Crippen molar-refractivity contribution >= 4 is 0 Å². The Hall–Kier alpha value is -1.55. The van der Waals surface area contributed by atoms with Crippen molar-refractivity contribution in [3.63, 3.8) is 0 Å². The van der Waals surface area contributed by atoms with Gasteiger partial charge in [0.15, 0.2) is 5.76 Å². The van der Waals surface area contributed by atoms with Crippen LogP contribution in [0.15, 0.2) is 29.0 Å². The minimum absolute atomic E-state index is 0.363. The largest absolute Gasteiger partial charge is 0.388 e. The lowest BCUT2D eigenvalue weighted by Gasteiger charge is -2.05. The van der Waals surface area contributed by atoms with E-state index >= 15 is 0 Å². The molecule has 17 heavy (non-hydrogen) atoms. The average Bonchev–Trinajstić information content (AvgIpc) is 2.89. The Balaban J connectivity index is 2.03. The molecule has 0 aliphatic carbocycles. The van der Waals surface area contributed by atoms with E-state index in [1.165, 1.54) is 0 Å². The summed E-state index contributed by atoms with van der Waals surface area (Å²) in [4.78, 5) is 0. The van der Waals surface area contributed by atoms with E-state index in [1.807, 2.05) is 36.0 Å². The van der Waals surface area contributed by atoms with E-state index in [0.717, 1.165) is 29.9 Å². The molecule has 1 N–H and O–H groups in total. The highest BCUT2D eigenvalue weighted by molar-refractivity contribution is 5.15. The Morgan fingerprint density at radius 3 is 3.00 bits per heavy atom. The van der Waals surface area contributed by atoms with Crippen LogP contribution in [-0.2, 0) is 6.54 Å². The van der Waals surface area contributed by atoms with Crippen molar-refractivity contribution < 1.29 is 9.63 Å². The second kappa shape index (κ2) is 5.19. The molecule has 1 unspecified atom stereocenters. The van der Waals surface area contributed by atoms with Gasteiger partial charge in [-0.2, -0.15) is 0 Å². The Kier molecular flexibility index (Phi) is 3.64. The first-order valence-corrected chi connectivity index (χ1v) is 5.95. The van der Waals surface area contributed by atoms with Crippen molar-refractivity contribution in [1.29, 1.82) is 0 Å². The maximum atomic E-state index is 9.85. The van der Waals surface area contributed by atoms with Crippen LogP contribution in [0.1, 0.15) is 42.9 Å². The molecule has 0 aliphatic rings. The number of aliphatic hydroxyl groups is 1. The zero-order valence-electron chi connectivity index (χ0n) is 10.3. The second-order valence-electron chi connectivity index (χ2n) is 4.36. The smallest absolute Gasteiger partial charge is 0.156 e. The standard InChI is InChI=1S/C13H18N2O2/c1-3-4-13(16)11-5-6-15(8-11)9-12-7-10(2)14-17-12/h5-8,13,16H,3-4,9H2,1-2H3. The molecule has 0 saturated heterocycles. The summed E-state index contributed by atoms with van der Waals surface area (Å²) >= 11 is 0. The van der Waals surface area contributed by atoms with Crippen molar-refractivity contribution in [1.82, 2.24) is 9.72 Å². The Labute approximate surface area is 101 Å². The molecule has 2 heterocycles. The first-order chi connectivity index (χ1) is 8.19. The monoisotopic (exact) mass is 234 g/mol. The molecule has 2 aromatic rings. The molecular weight excluding hydrogens is 216 g/mol. The molecule has 92 valence electrons. The minimum Gasteiger partial charge on any atom is -0.388 e. The number of hydrogen-bond donors (Lipinski definition) is 1. The van der Waals surface area contributed by atoms with Crippen LogP contribution in [0.5, 0.6) is 0 Å². The predicted molar refractivity (Wildman–Crippen MR) is 64.6 cm³/mol. The summed E-state index contributed by atoms with van der Waals surface area (Å²) in [6, 6.07) is 3.87. The fraction of sp³-hybridized carbons (Fsp3) is 0.462. The predicted octanol–water partition coefficient (Wildman–Crippen LogP) is 2.67. The van der Waals surface area contributed by atoms with Crippen molar-refractivity contribution in [2.45, 2.75) is 39.3 Å². The van der Waals surface area contributed by atoms with Gasteiger partial charge in [-0.15, -0.1) is 0 Å². The van der Waals surface area contributed by atoms with Gasteiger partial charge in [0.1, 0.15) is 0 Å². The molecule has 0 bridgehead atoms. The maximum Gasteiger partial charge on any atom is 0.156 e. The summed E-state index contributed by atoms with van der Waals surface area (Å²) in [6.45, 7) is 4.62. The van der Waals surface area contributed by atoms with Crippen molar-refractivity contribution in [2.24, 2.45) is 0 Å². The van der Waals surface area contributed by atoms with E-state index in [2.05, 4.69) is 12.1 Å². The molecule has 0 aliphatic heterocycles. The van der Waals surface area contributed by atoms with E-state index in [4.69, 9.17) is 4.52 Å². The lowest BCUT2D eigenvalue weighted by Crippen LogP contribution is -1.97. The highest BCUT2D eigenvalue weighted by atomic mass is 16.5. The Morgan fingerprint density at radius 2 is 2.35 bits per heavy atom. The second-order valence-corrected chi connectivity index (χ2v) is 4.36. The number of aliphatic hydroxyl groups excluding tert-OH is 1. The lowest BCUT2D eigenvalue weighted by atomic mass is 10.1. The average molecular weight is 234 g/mol. The number of hydrogen-bond acceptors (Lipinski definition) is 3. The molecule has 0 fully saturated rings. The summed E-state index contributed by atoms with van der Waals surface area (Å²) in [7, 11) is 0. The summed E-state index contributed by atoms with van der Waals surface area (Å²) in [5, 5.41) is 13.7. The first kappa shape index (κ1) is 11.9. The van der Waals surface area contributed by atoms with Gasteiger partial charge in [0.25, 0.3) is 0 Å². The topological polar surface area (TPSA) is 51.2 Å². The summed E-state index contributed by atoms with van der Waals surface area (Å²) in [6.07, 6.45) is 5.32. The number of aromatic nitrogens is 2. The summed E-state index contributed by atoms with van der Waals surface area (Å²) < 4.78 is 7.15. The molecule has 0 aromatic carbocycles. The van der Waals surface area contributed by atoms with Gasteiger partial charge < -0.3 is 14.2 Å². The number of rotatable bonds is 5. The lowest BCUT2D eigenvalue weighted by molar-refractivity contribution is 0.166. The van der Waals surface area contributed by atoms with Gasteiger partial charge in [0.05, 0.1) is 18.3 Å². The van der Waals surface area contributed by atoms with E-state index in [-0.39, 0.29) is 6.10 Å². The summed E-state index contributed by atoms with van der Waals surface area (Å²) in [5.41, 5.74) is 1.85. The maximum absolute atomic E-state index is 9.85. The van der Waals surface area contributed by atoms with Crippen molar-refractivity contribution in [3.05, 3.63) is 41.5 Å². The first-order valence-electron chi connectivity index (χ1n) is 5.95. The quantitative estimate of drug-likeness (QED) is 0.865. The van der Waals surface area contributed by atoms with Crippen LogP contribution in [0.3, 0.4) is 0 Å². The van der Waals surface area contributed by atoms with Crippen LogP contribution in [0.4, 0.5) is 0 Å². The van der Waals surface area contributed by atoms with Crippen LogP contribution in [0.25, 0.3) is 0 Å². The molecule has 4 nitrogen and oxygen atoms in total. The Bertz CT molecular complexity index is 473. The molecule has 1 atom stereocenters. The molecule has 0 amide bonds. The Morgan fingerprint density at radius 1 is 1.53 bits per heavy atom. The third kappa shape index (κ3) is 2.97. The van der Waals surface area contributed by atoms with Crippen LogP contribution >= 0.6 is 0 Å². The fourth-order valence-electron chi connectivity index (χ4n) is 1.87. The fourth-order valence-corrected chi connectivity index (χ4v) is 1.87. The molecular formula is C13H18N2O2. The molecule has 4 heteroatoms. The van der Waals surface area contributed by atoms with Gasteiger partial charge in [-0.1, -0.05) is 18.5 Å². The highest BCUT2D eigenvalue weighted by Gasteiger charge is 2.08. The van der Waals surface area contributed by atoms with Crippen LogP contribution < -0.4 is 0 Å². The normalized spacial score (nSPS) is 12.9. The van der Waals surface area contributed by atoms with E-state index < -0.39 is 0 Å². The zero-order valence-corrected chi connectivity index (χ0v) is 10.3. The van der Waals surface area contributed by atoms with Crippen LogP contribution in [-0.4, -0.2) is 14.8 Å². The summed E-state index contributed by atoms with van der Waals surface area (Å²) in [5.74, 6) is 0.828. The SMILES string of the molecule is CCCC(O)c1ccn(Cc2cc(C)no2)c1. The zero-order chi connectivity index (χ0) is 12.3. The van der Waals surface area contributed by atoms with Gasteiger partial charge in [-0.05, 0) is 25.0 Å². The molecule has 0 radical (unpaired) electrons. The van der Waals surface area contributed by atoms with Gasteiger partial charge in [0.2, 0.25) is 0 Å². The van der Waals surface area contributed by atoms with Crippen molar-refractivity contribution in [2.75, 3.05) is 0 Å². The molecule has 0 spiro atoms. The van der Waals surface area contributed by atoms with Crippen molar-refractivity contribution in [3.8, 4) is 0 Å². The van der Waals surface area contributed by atoms with E-state index in [0.29, 0.717) is 6.54 Å². The third-order valence-corrected chi connectivity index (χ3v) is 2.74. The number of nitrogens with zero attached hydrogens (tertiary/aromatic N) is 2. The number of aryl methyl sites for hydroxylation is 1. The van der Waals surface area contributed by atoms with Crippen LogP contribution in [0, 0.1) is 6.92 Å². The van der Waals surface area contributed by atoms with E-state index in [1.54, 1.807) is 0 Å². The van der Waals surface area contributed by atoms with Gasteiger partial charge >= 0.3 is 0 Å². The molecule has 2 rings (SSSR count).